The smallest absolute Gasteiger partial charge is 0.244 e. The van der Waals surface area contributed by atoms with Gasteiger partial charge < -0.3 is 15.0 Å². The van der Waals surface area contributed by atoms with Crippen molar-refractivity contribution in [3.05, 3.63) is 12.4 Å². The summed E-state index contributed by atoms with van der Waals surface area (Å²) in [6.07, 6.45) is 7.18. The van der Waals surface area contributed by atoms with Gasteiger partial charge in [-0.2, -0.15) is 5.10 Å². The molecule has 0 aliphatic carbocycles. The van der Waals surface area contributed by atoms with E-state index in [9.17, 15) is 9.59 Å². The first kappa shape index (κ1) is 14.1. The highest BCUT2D eigenvalue weighted by Crippen LogP contribution is 2.15. The Labute approximate surface area is 123 Å². The molecule has 7 nitrogen and oxygen atoms in total. The number of carbonyl (C=O) groups excluding carboxylic acids is 2. The Morgan fingerprint density at radius 1 is 1.48 bits per heavy atom. The van der Waals surface area contributed by atoms with Crippen molar-refractivity contribution in [3.63, 3.8) is 0 Å². The first-order chi connectivity index (χ1) is 10.2. The van der Waals surface area contributed by atoms with Crippen LogP contribution in [-0.4, -0.2) is 52.3 Å². The van der Waals surface area contributed by atoms with Gasteiger partial charge in [0.1, 0.15) is 0 Å². The van der Waals surface area contributed by atoms with Gasteiger partial charge in [0.2, 0.25) is 11.8 Å². The van der Waals surface area contributed by atoms with Crippen LogP contribution in [0, 0.1) is 0 Å². The molecule has 1 N–H and O–H groups in total. The number of ether oxygens (including phenoxy) is 1. The lowest BCUT2D eigenvalue weighted by Crippen LogP contribution is -2.33. The predicted molar refractivity (Wildman–Crippen MR) is 75.6 cm³/mol. The van der Waals surface area contributed by atoms with Crippen LogP contribution in [0.25, 0.3) is 0 Å². The molecule has 1 atom stereocenters. The van der Waals surface area contributed by atoms with Gasteiger partial charge in [0.15, 0.2) is 0 Å². The summed E-state index contributed by atoms with van der Waals surface area (Å²) in [5.74, 6) is -0.124. The molecule has 3 heterocycles. The number of hydrogen-bond acceptors (Lipinski definition) is 4. The summed E-state index contributed by atoms with van der Waals surface area (Å²) >= 11 is 0. The topological polar surface area (TPSA) is 76.5 Å². The molecule has 3 rings (SSSR count). The maximum Gasteiger partial charge on any atom is 0.244 e. The average molecular weight is 292 g/mol. The highest BCUT2D eigenvalue weighted by atomic mass is 16.5. The Kier molecular flexibility index (Phi) is 4.19. The predicted octanol–water partition coefficient (Wildman–Crippen LogP) is 0.623. The van der Waals surface area contributed by atoms with Crippen LogP contribution in [0.15, 0.2) is 12.4 Å². The van der Waals surface area contributed by atoms with E-state index in [0.717, 1.165) is 25.9 Å². The number of likely N-dealkylation sites (tertiary alicyclic amines) is 1. The van der Waals surface area contributed by atoms with E-state index in [2.05, 4.69) is 10.4 Å². The van der Waals surface area contributed by atoms with Crippen LogP contribution in [0.5, 0.6) is 0 Å². The van der Waals surface area contributed by atoms with Crippen molar-refractivity contribution in [3.8, 4) is 0 Å². The van der Waals surface area contributed by atoms with E-state index in [1.807, 2.05) is 0 Å². The first-order valence-corrected chi connectivity index (χ1v) is 7.42. The summed E-state index contributed by atoms with van der Waals surface area (Å²) in [7, 11) is 0. The quantitative estimate of drug-likeness (QED) is 0.863. The molecule has 21 heavy (non-hydrogen) atoms. The minimum atomic E-state index is -0.179. The fourth-order valence-corrected chi connectivity index (χ4v) is 2.77. The normalized spacial score (nSPS) is 22.0. The van der Waals surface area contributed by atoms with Gasteiger partial charge in [0.05, 0.1) is 31.1 Å². The zero-order valence-corrected chi connectivity index (χ0v) is 12.0. The second-order valence-corrected chi connectivity index (χ2v) is 5.55. The number of hydrogen-bond donors (Lipinski definition) is 1. The molecule has 0 spiro atoms. The third kappa shape index (κ3) is 3.60. The zero-order valence-electron chi connectivity index (χ0n) is 12.0. The van der Waals surface area contributed by atoms with Crippen molar-refractivity contribution < 1.29 is 14.3 Å². The number of nitrogens with one attached hydrogen (secondary N) is 1. The van der Waals surface area contributed by atoms with E-state index < -0.39 is 0 Å². The second-order valence-electron chi connectivity index (χ2n) is 5.55. The van der Waals surface area contributed by atoms with Gasteiger partial charge in [-0.05, 0) is 19.3 Å². The van der Waals surface area contributed by atoms with Gasteiger partial charge in [-0.3, -0.25) is 14.3 Å². The highest BCUT2D eigenvalue weighted by Gasteiger charge is 2.22. The average Bonchev–Trinajstić information content (AvgIpc) is 3.16. The van der Waals surface area contributed by atoms with E-state index in [-0.39, 0.29) is 24.5 Å². The van der Waals surface area contributed by atoms with Gasteiger partial charge >= 0.3 is 0 Å². The standard InChI is InChI=1S/C14H20N4O3/c19-13(10-17-5-1-4-14(17)20)16-11-7-15-18(8-11)9-12-3-2-6-21-12/h7-8,12H,1-6,9-10H2,(H,16,19). The molecule has 0 saturated carbocycles. The Bertz CT molecular complexity index is 522. The van der Waals surface area contributed by atoms with Crippen LogP contribution in [0.2, 0.25) is 0 Å². The number of aromatic nitrogens is 2. The summed E-state index contributed by atoms with van der Waals surface area (Å²) < 4.78 is 7.34. The largest absolute Gasteiger partial charge is 0.376 e. The molecule has 0 radical (unpaired) electrons. The lowest BCUT2D eigenvalue weighted by molar-refractivity contribution is -0.131. The molecule has 114 valence electrons. The third-order valence-electron chi connectivity index (χ3n) is 3.84. The summed E-state index contributed by atoms with van der Waals surface area (Å²) in [5.41, 5.74) is 0.657. The molecule has 2 fully saturated rings. The van der Waals surface area contributed by atoms with Crippen molar-refractivity contribution in [1.29, 1.82) is 0 Å². The van der Waals surface area contributed by atoms with Crippen LogP contribution in [-0.2, 0) is 20.9 Å². The Hall–Kier alpha value is -1.89. The molecular weight excluding hydrogens is 272 g/mol. The minimum Gasteiger partial charge on any atom is -0.376 e. The maximum absolute atomic E-state index is 11.9. The number of amides is 2. The molecule has 7 heteroatoms. The number of carbonyl (C=O) groups is 2. The third-order valence-corrected chi connectivity index (χ3v) is 3.84. The van der Waals surface area contributed by atoms with Crippen LogP contribution >= 0.6 is 0 Å². The molecule has 2 amide bonds. The summed E-state index contributed by atoms with van der Waals surface area (Å²) in [6, 6.07) is 0. The number of anilines is 1. The van der Waals surface area contributed by atoms with Crippen molar-refractivity contribution in [2.24, 2.45) is 0 Å². The summed E-state index contributed by atoms with van der Waals surface area (Å²) in [4.78, 5) is 25.0. The second kappa shape index (κ2) is 6.26. The van der Waals surface area contributed by atoms with Crippen LogP contribution < -0.4 is 5.32 Å². The Morgan fingerprint density at radius 2 is 2.38 bits per heavy atom. The van der Waals surface area contributed by atoms with Crippen molar-refractivity contribution in [2.45, 2.75) is 38.3 Å². The van der Waals surface area contributed by atoms with Gasteiger partial charge in [0.25, 0.3) is 0 Å². The van der Waals surface area contributed by atoms with E-state index in [0.29, 0.717) is 25.2 Å². The molecule has 1 aromatic rings. The highest BCUT2D eigenvalue weighted by molar-refractivity contribution is 5.94. The lowest BCUT2D eigenvalue weighted by Gasteiger charge is -2.14. The molecule has 0 bridgehead atoms. The van der Waals surface area contributed by atoms with Crippen molar-refractivity contribution >= 4 is 17.5 Å². The molecule has 0 aromatic carbocycles. The molecule has 1 unspecified atom stereocenters. The molecular formula is C14H20N4O3. The Balaban J connectivity index is 1.49. The number of rotatable bonds is 5. The van der Waals surface area contributed by atoms with Crippen molar-refractivity contribution in [1.82, 2.24) is 14.7 Å². The van der Waals surface area contributed by atoms with E-state index in [1.165, 1.54) is 0 Å². The monoisotopic (exact) mass is 292 g/mol. The van der Waals surface area contributed by atoms with Gasteiger partial charge in [-0.1, -0.05) is 0 Å². The van der Waals surface area contributed by atoms with E-state index in [1.54, 1.807) is 22.0 Å². The molecule has 2 aliphatic heterocycles. The molecule has 2 saturated heterocycles. The van der Waals surface area contributed by atoms with Gasteiger partial charge in [-0.25, -0.2) is 0 Å². The lowest BCUT2D eigenvalue weighted by atomic mass is 10.2. The van der Waals surface area contributed by atoms with Gasteiger partial charge in [0, 0.05) is 25.8 Å². The minimum absolute atomic E-state index is 0.0548. The van der Waals surface area contributed by atoms with E-state index >= 15 is 0 Å². The maximum atomic E-state index is 11.9. The first-order valence-electron chi connectivity index (χ1n) is 7.42. The zero-order chi connectivity index (χ0) is 14.7. The Morgan fingerprint density at radius 3 is 3.10 bits per heavy atom. The molecule has 2 aliphatic rings. The SMILES string of the molecule is O=C(CN1CCCC1=O)Nc1cnn(CC2CCCO2)c1. The fraction of sp³-hybridized carbons (Fsp3) is 0.643. The number of nitrogens with zero attached hydrogens (tertiary/aromatic N) is 3. The van der Waals surface area contributed by atoms with Crippen LogP contribution in [0.3, 0.4) is 0 Å². The summed E-state index contributed by atoms with van der Waals surface area (Å²) in [5, 5.41) is 7.00. The van der Waals surface area contributed by atoms with Gasteiger partial charge in [-0.15, -0.1) is 0 Å². The summed E-state index contributed by atoms with van der Waals surface area (Å²) in [6.45, 7) is 2.32. The van der Waals surface area contributed by atoms with Crippen LogP contribution in [0.1, 0.15) is 25.7 Å². The van der Waals surface area contributed by atoms with E-state index in [4.69, 9.17) is 4.74 Å². The fourth-order valence-electron chi connectivity index (χ4n) is 2.77. The molecule has 1 aromatic heterocycles. The van der Waals surface area contributed by atoms with Crippen molar-refractivity contribution in [2.75, 3.05) is 25.0 Å². The van der Waals surface area contributed by atoms with Crippen LogP contribution in [0.4, 0.5) is 5.69 Å².